The molecule has 1 heterocycles. The summed E-state index contributed by atoms with van der Waals surface area (Å²) < 4.78 is 0. The molecule has 0 unspecified atom stereocenters. The van der Waals surface area contributed by atoms with Crippen LogP contribution in [0.1, 0.15) is 0 Å². The first-order valence-electron chi connectivity index (χ1n) is 1.52. The van der Waals surface area contributed by atoms with E-state index in [2.05, 4.69) is 4.98 Å². The van der Waals surface area contributed by atoms with Gasteiger partial charge < -0.3 is 4.98 Å². The van der Waals surface area contributed by atoms with Crippen molar-refractivity contribution in [3.05, 3.63) is 24.5 Å². The quantitative estimate of drug-likeness (QED) is 0.459. The van der Waals surface area contributed by atoms with Crippen molar-refractivity contribution in [3.63, 3.8) is 0 Å². The van der Waals surface area contributed by atoms with Crippen LogP contribution in [0.4, 0.5) is 0 Å². The number of rotatable bonds is 0. The van der Waals surface area contributed by atoms with Crippen LogP contribution in [0.15, 0.2) is 24.5 Å². The van der Waals surface area contributed by atoms with Crippen LogP contribution in [0.25, 0.3) is 0 Å². The van der Waals surface area contributed by atoms with Crippen molar-refractivity contribution in [2.75, 3.05) is 0 Å². The number of hydrogen-bond acceptors (Lipinski definition) is 0. The third-order valence-electron chi connectivity index (χ3n) is 0.455. The van der Waals surface area contributed by atoms with Gasteiger partial charge in [-0.1, -0.05) is 12.1 Å². The molecule has 1 aromatic rings. The van der Waals surface area contributed by atoms with Gasteiger partial charge in [0.1, 0.15) is 0 Å². The van der Waals surface area contributed by atoms with E-state index in [4.69, 9.17) is 0 Å². The van der Waals surface area contributed by atoms with E-state index in [1.54, 1.807) is 12.4 Å². The molecule has 0 saturated carbocycles. The first-order chi connectivity index (χ1) is 2.50. The van der Waals surface area contributed by atoms with E-state index >= 15 is 0 Å². The molecule has 0 aliphatic rings. The van der Waals surface area contributed by atoms with Gasteiger partial charge in [0.2, 0.25) is 0 Å². The Bertz CT molecular complexity index is 64.0. The molecule has 0 spiro atoms. The summed E-state index contributed by atoms with van der Waals surface area (Å²) in [4.78, 5) is 3.72. The fourth-order valence-corrected chi connectivity index (χ4v) is 0.248. The Balaban J connectivity index is 0.000000250. The van der Waals surface area contributed by atoms with E-state index in [0.29, 0.717) is 0 Å². The first-order valence-corrected chi connectivity index (χ1v) is 1.52. The summed E-state index contributed by atoms with van der Waals surface area (Å²) in [6, 6.07) is 3.78. The van der Waals surface area contributed by atoms with Crippen LogP contribution in [0.3, 0.4) is 0 Å². The molecule has 0 saturated heterocycles. The molecule has 1 aromatic heterocycles. The second kappa shape index (κ2) is 3.01. The Hall–Kier alpha value is -0.201. The maximum absolute atomic E-state index is 3.72. The Morgan fingerprint density at radius 3 is 1.67 bits per heavy atom. The van der Waals surface area contributed by atoms with Crippen molar-refractivity contribution < 1.29 is 17.1 Å². The molecule has 1 rings (SSSR count). The molecular weight excluding hydrogens is 117 g/mol. The van der Waals surface area contributed by atoms with Crippen molar-refractivity contribution >= 4 is 0 Å². The summed E-state index contributed by atoms with van der Waals surface area (Å²) in [5, 5.41) is 0. The molecule has 0 N–H and O–H groups in total. The van der Waals surface area contributed by atoms with E-state index in [1.165, 1.54) is 0 Å². The molecule has 0 aromatic carbocycles. The smallest absolute Gasteiger partial charge is 0 e. The van der Waals surface area contributed by atoms with Gasteiger partial charge >= 0.3 is 0 Å². The Labute approximate surface area is 47.2 Å². The monoisotopic (exact) mass is 121 g/mol. The van der Waals surface area contributed by atoms with E-state index in [9.17, 15) is 0 Å². The zero-order valence-electron chi connectivity index (χ0n) is 3.13. The third kappa shape index (κ3) is 1.29. The van der Waals surface area contributed by atoms with Crippen molar-refractivity contribution in [2.45, 2.75) is 0 Å². The molecular formula is C4H4MnN-. The van der Waals surface area contributed by atoms with Gasteiger partial charge in [-0.25, -0.2) is 0 Å². The summed E-state index contributed by atoms with van der Waals surface area (Å²) in [5.74, 6) is 0. The minimum Gasteiger partial charge on any atom is -0.670 e. The van der Waals surface area contributed by atoms with Crippen molar-refractivity contribution in [3.8, 4) is 0 Å². The summed E-state index contributed by atoms with van der Waals surface area (Å²) in [6.07, 6.45) is 3.50. The van der Waals surface area contributed by atoms with E-state index in [1.807, 2.05) is 12.1 Å². The fraction of sp³-hybridized carbons (Fsp3) is 0. The summed E-state index contributed by atoms with van der Waals surface area (Å²) in [5.41, 5.74) is 0. The van der Waals surface area contributed by atoms with Crippen LogP contribution in [0.5, 0.6) is 0 Å². The number of nitrogens with zero attached hydrogens (tertiary/aromatic N) is 1. The topological polar surface area (TPSA) is 14.1 Å². The van der Waals surface area contributed by atoms with Crippen molar-refractivity contribution in [1.82, 2.24) is 4.98 Å². The van der Waals surface area contributed by atoms with Gasteiger partial charge in [-0.15, -0.1) is 0 Å². The van der Waals surface area contributed by atoms with Crippen LogP contribution in [0.2, 0.25) is 0 Å². The molecule has 33 valence electrons. The van der Waals surface area contributed by atoms with Crippen LogP contribution in [0, 0.1) is 0 Å². The summed E-state index contributed by atoms with van der Waals surface area (Å²) in [7, 11) is 0. The van der Waals surface area contributed by atoms with Crippen LogP contribution in [-0.2, 0) is 17.1 Å². The standard InChI is InChI=1S/C4H4N.Mn/c1-2-4-5-3-1;/h1-4H;/q-1;. The maximum atomic E-state index is 3.72. The average Bonchev–Trinajstić information content (AvgIpc) is 1.76. The minimum absolute atomic E-state index is 0. The normalized spacial score (nSPS) is 6.67. The van der Waals surface area contributed by atoms with Crippen LogP contribution < -0.4 is 4.98 Å². The maximum Gasteiger partial charge on any atom is 0 e. The van der Waals surface area contributed by atoms with E-state index in [0.717, 1.165) is 0 Å². The van der Waals surface area contributed by atoms with Gasteiger partial charge in [0.25, 0.3) is 0 Å². The summed E-state index contributed by atoms with van der Waals surface area (Å²) in [6.45, 7) is 0. The molecule has 2 heteroatoms. The van der Waals surface area contributed by atoms with Gasteiger partial charge in [0.05, 0.1) is 0 Å². The minimum atomic E-state index is 0. The second-order valence-electron chi connectivity index (χ2n) is 0.832. The molecule has 1 nitrogen and oxygen atoms in total. The zero-order chi connectivity index (χ0) is 3.54. The molecule has 0 atom stereocenters. The molecule has 0 amide bonds. The second-order valence-corrected chi connectivity index (χ2v) is 0.832. The van der Waals surface area contributed by atoms with Crippen LogP contribution in [-0.4, -0.2) is 0 Å². The van der Waals surface area contributed by atoms with E-state index < -0.39 is 0 Å². The predicted molar refractivity (Wildman–Crippen MR) is 19.8 cm³/mol. The molecule has 1 radical (unpaired) electrons. The molecule has 0 aliphatic carbocycles. The average molecular weight is 121 g/mol. The third-order valence-corrected chi connectivity index (χ3v) is 0.455. The van der Waals surface area contributed by atoms with Gasteiger partial charge in [0.15, 0.2) is 0 Å². The van der Waals surface area contributed by atoms with Crippen molar-refractivity contribution in [1.29, 1.82) is 0 Å². The molecule has 0 fully saturated rings. The molecule has 6 heavy (non-hydrogen) atoms. The van der Waals surface area contributed by atoms with Crippen molar-refractivity contribution in [2.24, 2.45) is 0 Å². The van der Waals surface area contributed by atoms with Gasteiger partial charge in [-0.3, -0.25) is 0 Å². The molecule has 0 bridgehead atoms. The number of aromatic nitrogens is 1. The fourth-order valence-electron chi connectivity index (χ4n) is 0.248. The van der Waals surface area contributed by atoms with Crippen LogP contribution >= 0.6 is 0 Å². The Kier molecular flexibility index (Phi) is 2.91. The van der Waals surface area contributed by atoms with Gasteiger partial charge in [0, 0.05) is 17.1 Å². The SMILES string of the molecule is [Mn].c1cc[n-]c1. The predicted octanol–water partition coefficient (Wildman–Crippen LogP) is 0.641. The first kappa shape index (κ1) is 5.80. The van der Waals surface area contributed by atoms with Gasteiger partial charge in [-0.05, 0) is 0 Å². The zero-order valence-corrected chi connectivity index (χ0v) is 4.32. The Morgan fingerprint density at radius 1 is 1.00 bits per heavy atom. The van der Waals surface area contributed by atoms with E-state index in [-0.39, 0.29) is 17.1 Å². The largest absolute Gasteiger partial charge is 0.670 e. The molecule has 0 aliphatic heterocycles. The van der Waals surface area contributed by atoms with Gasteiger partial charge in [-0.2, -0.15) is 12.4 Å². The Morgan fingerprint density at radius 2 is 1.50 bits per heavy atom. The number of hydrogen-bond donors (Lipinski definition) is 0. The summed E-state index contributed by atoms with van der Waals surface area (Å²) >= 11 is 0.